The lowest BCUT2D eigenvalue weighted by molar-refractivity contribution is -0.149. The van der Waals surface area contributed by atoms with Crippen molar-refractivity contribution in [2.24, 2.45) is 5.73 Å². The van der Waals surface area contributed by atoms with Gasteiger partial charge in [-0.1, -0.05) is 63.6 Å². The number of benzene rings is 1. The summed E-state index contributed by atoms with van der Waals surface area (Å²) in [5, 5.41) is 10.1. The zero-order valence-electron chi connectivity index (χ0n) is 24.6. The van der Waals surface area contributed by atoms with E-state index in [0.29, 0.717) is 6.42 Å². The van der Waals surface area contributed by atoms with Gasteiger partial charge >= 0.3 is 5.97 Å². The van der Waals surface area contributed by atoms with Crippen LogP contribution in [0.3, 0.4) is 0 Å². The molecule has 1 heterocycles. The predicted octanol–water partition coefficient (Wildman–Crippen LogP) is 3.27. The number of nitrogens with two attached hydrogens (primary N) is 1. The number of carbonyl (C=O) groups excluding carboxylic acids is 4. The van der Waals surface area contributed by atoms with Crippen molar-refractivity contribution >= 4 is 40.5 Å². The molecule has 4 N–H and O–H groups in total. The van der Waals surface area contributed by atoms with Crippen molar-refractivity contribution in [2.75, 3.05) is 26.2 Å². The smallest absolute Gasteiger partial charge is 0.323 e. The molecule has 0 aliphatic heterocycles. The van der Waals surface area contributed by atoms with Gasteiger partial charge in [0.25, 0.3) is 0 Å². The molecule has 0 aliphatic rings. The molecule has 41 heavy (non-hydrogen) atoms. The van der Waals surface area contributed by atoms with Crippen molar-refractivity contribution in [1.82, 2.24) is 19.7 Å². The van der Waals surface area contributed by atoms with Crippen LogP contribution in [0.4, 0.5) is 0 Å². The summed E-state index contributed by atoms with van der Waals surface area (Å²) in [5.41, 5.74) is 7.12. The van der Waals surface area contributed by atoms with Crippen LogP contribution >= 0.6 is 0 Å². The Morgan fingerprint density at radius 3 is 2.10 bits per heavy atom. The molecule has 1 aromatic carbocycles. The number of primary amides is 1. The van der Waals surface area contributed by atoms with Crippen LogP contribution < -0.4 is 5.73 Å². The lowest BCUT2D eigenvalue weighted by atomic mass is 10.1. The van der Waals surface area contributed by atoms with Crippen LogP contribution in [0.1, 0.15) is 77.7 Å². The van der Waals surface area contributed by atoms with Gasteiger partial charge < -0.3 is 30.5 Å². The van der Waals surface area contributed by atoms with Gasteiger partial charge in [-0.25, -0.2) is 0 Å². The summed E-state index contributed by atoms with van der Waals surface area (Å²) in [4.78, 5) is 69.5. The summed E-state index contributed by atoms with van der Waals surface area (Å²) in [6, 6.07) is 7.22. The molecule has 0 saturated heterocycles. The average Bonchev–Trinajstić information content (AvgIpc) is 3.32. The number of aromatic nitrogens is 1. The Balaban J connectivity index is 2.19. The number of fused-ring (bicyclic) bond motifs is 1. The van der Waals surface area contributed by atoms with E-state index in [0.717, 1.165) is 45.5 Å². The number of hydrogen-bond donors (Lipinski definition) is 3. The zero-order chi connectivity index (χ0) is 30.4. The third kappa shape index (κ3) is 11.3. The minimum Gasteiger partial charge on any atom is -0.480 e. The van der Waals surface area contributed by atoms with Crippen LogP contribution in [0.15, 0.2) is 30.5 Å². The molecule has 0 spiro atoms. The van der Waals surface area contributed by atoms with E-state index < -0.39 is 49.4 Å². The van der Waals surface area contributed by atoms with Crippen LogP contribution in [-0.4, -0.2) is 86.6 Å². The fraction of sp³-hybridized carbons (Fsp3) is 0.567. The summed E-state index contributed by atoms with van der Waals surface area (Å²) in [5.74, 6) is -3.46. The number of nitrogens with zero attached hydrogens (tertiary/aromatic N) is 3. The van der Waals surface area contributed by atoms with Gasteiger partial charge in [0, 0.05) is 36.1 Å². The highest BCUT2D eigenvalue weighted by molar-refractivity contribution is 5.92. The van der Waals surface area contributed by atoms with Crippen molar-refractivity contribution < 1.29 is 29.1 Å². The third-order valence-electron chi connectivity index (χ3n) is 6.98. The molecule has 0 bridgehead atoms. The molecule has 0 saturated carbocycles. The van der Waals surface area contributed by atoms with E-state index in [-0.39, 0.29) is 25.4 Å². The fourth-order valence-electron chi connectivity index (χ4n) is 4.73. The fourth-order valence-corrected chi connectivity index (χ4v) is 4.73. The highest BCUT2D eigenvalue weighted by Gasteiger charge is 2.28. The van der Waals surface area contributed by atoms with E-state index in [1.54, 1.807) is 20.0 Å². The number of aromatic amines is 1. The Morgan fingerprint density at radius 1 is 0.829 bits per heavy atom. The number of carboxylic acids is 1. The number of nitrogens with one attached hydrogen (secondary N) is 1. The zero-order valence-corrected chi connectivity index (χ0v) is 24.6. The second kappa shape index (κ2) is 17.0. The standard InChI is InChI=1S/C30H45N5O6/c1-4-5-6-7-8-9-10-15-27(37)33(17-23-16-32-25-14-12-11-13-24(23)25)19-28(38)34(18-26(31)36)20-29(39)35(22(2)3)21-30(40)41/h11-14,16,22,32H,4-10,15,17-21H2,1-3H3,(H2,31,36)(H,40,41). The van der Waals surface area contributed by atoms with Gasteiger partial charge in [0.1, 0.15) is 19.6 Å². The van der Waals surface area contributed by atoms with Gasteiger partial charge in [0.05, 0.1) is 6.54 Å². The molecule has 11 nitrogen and oxygen atoms in total. The largest absolute Gasteiger partial charge is 0.480 e. The summed E-state index contributed by atoms with van der Waals surface area (Å²) < 4.78 is 0. The van der Waals surface area contributed by atoms with Crippen LogP contribution in [-0.2, 0) is 30.5 Å². The Hall–Kier alpha value is -3.89. The minimum absolute atomic E-state index is 0.167. The van der Waals surface area contributed by atoms with Gasteiger partial charge in [-0.2, -0.15) is 0 Å². The number of carbonyl (C=O) groups is 5. The number of carboxylic acid groups (broad SMARTS) is 1. The van der Waals surface area contributed by atoms with E-state index in [4.69, 9.17) is 5.73 Å². The van der Waals surface area contributed by atoms with Crippen LogP contribution in [0, 0.1) is 0 Å². The number of hydrogen-bond acceptors (Lipinski definition) is 5. The number of para-hydroxylation sites is 1. The first-order chi connectivity index (χ1) is 19.5. The van der Waals surface area contributed by atoms with Gasteiger partial charge in [-0.15, -0.1) is 0 Å². The quantitative estimate of drug-likeness (QED) is 0.220. The molecular weight excluding hydrogens is 526 g/mol. The van der Waals surface area contributed by atoms with E-state index in [9.17, 15) is 29.1 Å². The monoisotopic (exact) mass is 571 g/mol. The highest BCUT2D eigenvalue weighted by atomic mass is 16.4. The lowest BCUT2D eigenvalue weighted by Gasteiger charge is -2.30. The van der Waals surface area contributed by atoms with Crippen LogP contribution in [0.25, 0.3) is 10.9 Å². The van der Waals surface area contributed by atoms with Crippen LogP contribution in [0.5, 0.6) is 0 Å². The molecule has 0 aliphatic carbocycles. The molecule has 4 amide bonds. The number of H-pyrrole nitrogens is 1. The lowest BCUT2D eigenvalue weighted by Crippen LogP contribution is -2.51. The first kappa shape index (κ1) is 33.3. The summed E-state index contributed by atoms with van der Waals surface area (Å²) in [6.07, 6.45) is 9.43. The minimum atomic E-state index is -1.19. The first-order valence-corrected chi connectivity index (χ1v) is 14.4. The second-order valence-electron chi connectivity index (χ2n) is 10.7. The van der Waals surface area contributed by atoms with Gasteiger partial charge in [-0.05, 0) is 31.9 Å². The summed E-state index contributed by atoms with van der Waals surface area (Å²) in [6.45, 7) is 3.70. The Morgan fingerprint density at radius 2 is 1.46 bits per heavy atom. The normalized spacial score (nSPS) is 11.0. The number of rotatable bonds is 19. The SMILES string of the molecule is CCCCCCCCCC(=O)N(CC(=O)N(CC(N)=O)CC(=O)N(CC(=O)O)C(C)C)Cc1c[nH]c2ccccc12. The maximum Gasteiger partial charge on any atom is 0.323 e. The van der Waals surface area contributed by atoms with Gasteiger partial charge in [0.15, 0.2) is 0 Å². The van der Waals surface area contributed by atoms with E-state index in [1.165, 1.54) is 24.2 Å². The van der Waals surface area contributed by atoms with Crippen molar-refractivity contribution in [3.05, 3.63) is 36.0 Å². The van der Waals surface area contributed by atoms with E-state index in [2.05, 4.69) is 11.9 Å². The Bertz CT molecular complexity index is 1180. The van der Waals surface area contributed by atoms with Gasteiger partial charge in [0.2, 0.25) is 23.6 Å². The van der Waals surface area contributed by atoms with Crippen molar-refractivity contribution in [3.63, 3.8) is 0 Å². The second-order valence-corrected chi connectivity index (χ2v) is 10.7. The summed E-state index contributed by atoms with van der Waals surface area (Å²) >= 11 is 0. The Kier molecular flexibility index (Phi) is 13.8. The predicted molar refractivity (Wildman–Crippen MR) is 157 cm³/mol. The molecule has 0 radical (unpaired) electrons. The highest BCUT2D eigenvalue weighted by Crippen LogP contribution is 2.20. The topological polar surface area (TPSA) is 157 Å². The number of unbranched alkanes of at least 4 members (excludes halogenated alkanes) is 6. The molecule has 2 rings (SSSR count). The molecule has 11 heteroatoms. The van der Waals surface area contributed by atoms with Crippen molar-refractivity contribution in [1.29, 1.82) is 0 Å². The van der Waals surface area contributed by atoms with Crippen LogP contribution in [0.2, 0.25) is 0 Å². The summed E-state index contributed by atoms with van der Waals surface area (Å²) in [7, 11) is 0. The van der Waals surface area contributed by atoms with Crippen molar-refractivity contribution in [3.8, 4) is 0 Å². The molecule has 0 fully saturated rings. The average molecular weight is 572 g/mol. The maximum atomic E-state index is 13.4. The first-order valence-electron chi connectivity index (χ1n) is 14.4. The molecule has 2 aromatic rings. The number of amides is 4. The molecule has 0 unspecified atom stereocenters. The molecule has 226 valence electrons. The third-order valence-corrected chi connectivity index (χ3v) is 6.98. The molecule has 1 aromatic heterocycles. The van der Waals surface area contributed by atoms with E-state index in [1.807, 2.05) is 24.3 Å². The van der Waals surface area contributed by atoms with Gasteiger partial charge in [-0.3, -0.25) is 24.0 Å². The Labute approximate surface area is 242 Å². The van der Waals surface area contributed by atoms with E-state index >= 15 is 0 Å². The molecule has 0 atom stereocenters. The number of aliphatic carboxylic acids is 1. The molecular formula is C30H45N5O6. The van der Waals surface area contributed by atoms with Crippen molar-refractivity contribution in [2.45, 2.75) is 84.7 Å². The maximum absolute atomic E-state index is 13.4.